The molecular formula is C25H32N2O4. The maximum Gasteiger partial charge on any atom is 0.126 e. The normalized spacial score (nSPS) is 26.7. The Balaban J connectivity index is 1.21. The summed E-state index contributed by atoms with van der Waals surface area (Å²) < 4.78 is 17.1. The maximum atomic E-state index is 10.6. The number of nitrogens with zero attached hydrogens (tertiary/aromatic N) is 1. The molecule has 3 fully saturated rings. The second-order valence-corrected chi connectivity index (χ2v) is 9.26. The van der Waals surface area contributed by atoms with Crippen LogP contribution in [0, 0.1) is 18.3 Å². The molecule has 1 saturated carbocycles. The summed E-state index contributed by atoms with van der Waals surface area (Å²) in [6, 6.07) is 10.4. The van der Waals surface area contributed by atoms with Crippen molar-refractivity contribution in [2.45, 2.75) is 44.8 Å². The molecule has 1 aromatic carbocycles. The number of hydrogen-bond acceptors (Lipinski definition) is 6. The molecule has 31 heavy (non-hydrogen) atoms. The zero-order valence-electron chi connectivity index (χ0n) is 18.2. The van der Waals surface area contributed by atoms with Crippen LogP contribution in [-0.2, 0) is 9.47 Å². The van der Waals surface area contributed by atoms with Gasteiger partial charge in [0.1, 0.15) is 17.7 Å². The first-order chi connectivity index (χ1) is 15.1. The third-order valence-corrected chi connectivity index (χ3v) is 7.07. The number of aliphatic hydroxyl groups excluding tert-OH is 1. The second-order valence-electron chi connectivity index (χ2n) is 9.26. The van der Waals surface area contributed by atoms with Crippen LogP contribution in [0.5, 0.6) is 5.75 Å². The Bertz CT molecular complexity index is 906. The van der Waals surface area contributed by atoms with Gasteiger partial charge in [-0.3, -0.25) is 0 Å². The lowest BCUT2D eigenvalue weighted by atomic mass is 10.00. The molecule has 6 nitrogen and oxygen atoms in total. The standard InChI is InChI=1S/C25H32N2O4/c1-17-12-18(2-3-23(17)31-20-5-9-29-10-6-20)19-4-8-26-24(13-19)27-15-22(28)21-14-25(21)7-11-30-16-25/h2-4,8,12-13,20-22,28H,5-7,9-11,14-16H2,1H3,(H,26,27). The summed E-state index contributed by atoms with van der Waals surface area (Å²) in [6.45, 7) is 5.79. The van der Waals surface area contributed by atoms with Crippen molar-refractivity contribution in [3.63, 3.8) is 0 Å². The molecule has 0 bridgehead atoms. The number of benzene rings is 1. The molecule has 1 aromatic heterocycles. The molecule has 6 heteroatoms. The van der Waals surface area contributed by atoms with Gasteiger partial charge in [-0.15, -0.1) is 0 Å². The van der Waals surface area contributed by atoms with Gasteiger partial charge >= 0.3 is 0 Å². The van der Waals surface area contributed by atoms with Crippen LogP contribution in [0.25, 0.3) is 11.1 Å². The van der Waals surface area contributed by atoms with Gasteiger partial charge in [0.25, 0.3) is 0 Å². The van der Waals surface area contributed by atoms with Gasteiger partial charge in [-0.05, 0) is 66.6 Å². The van der Waals surface area contributed by atoms with Crippen molar-refractivity contribution >= 4 is 5.82 Å². The van der Waals surface area contributed by atoms with E-state index < -0.39 is 0 Å². The minimum atomic E-state index is -0.365. The summed E-state index contributed by atoms with van der Waals surface area (Å²) in [7, 11) is 0. The number of aliphatic hydroxyl groups is 1. The lowest BCUT2D eigenvalue weighted by Crippen LogP contribution is -2.26. The van der Waals surface area contributed by atoms with Gasteiger partial charge in [-0.25, -0.2) is 4.98 Å². The zero-order chi connectivity index (χ0) is 21.3. The number of pyridine rings is 1. The van der Waals surface area contributed by atoms with Gasteiger partial charge in [0.15, 0.2) is 0 Å². The van der Waals surface area contributed by atoms with Gasteiger partial charge < -0.3 is 24.6 Å². The number of hydrogen-bond donors (Lipinski definition) is 2. The fraction of sp³-hybridized carbons (Fsp3) is 0.560. The highest BCUT2D eigenvalue weighted by Gasteiger charge is 2.58. The van der Waals surface area contributed by atoms with E-state index in [0.717, 1.165) is 80.4 Å². The SMILES string of the molecule is Cc1cc(-c2ccnc(NCC(O)C3CC34CCOC4)c2)ccc1OC1CCOCC1. The number of aryl methyl sites for hydroxylation is 1. The summed E-state index contributed by atoms with van der Waals surface area (Å²) in [6.07, 6.45) is 5.73. The van der Waals surface area contributed by atoms with Crippen LogP contribution in [0.4, 0.5) is 5.82 Å². The summed E-state index contributed by atoms with van der Waals surface area (Å²) in [4.78, 5) is 4.44. The number of ether oxygens (including phenoxy) is 3. The molecule has 5 rings (SSSR count). The van der Waals surface area contributed by atoms with Crippen LogP contribution < -0.4 is 10.1 Å². The van der Waals surface area contributed by atoms with E-state index in [1.807, 2.05) is 18.3 Å². The highest BCUT2D eigenvalue weighted by atomic mass is 16.5. The fourth-order valence-corrected chi connectivity index (χ4v) is 4.99. The highest BCUT2D eigenvalue weighted by Crippen LogP contribution is 2.59. The van der Waals surface area contributed by atoms with E-state index in [2.05, 4.69) is 35.4 Å². The third kappa shape index (κ3) is 4.56. The Kier molecular flexibility index (Phi) is 5.87. The lowest BCUT2D eigenvalue weighted by Gasteiger charge is -2.24. The van der Waals surface area contributed by atoms with E-state index in [4.69, 9.17) is 14.2 Å². The third-order valence-electron chi connectivity index (χ3n) is 7.07. The first-order valence-corrected chi connectivity index (χ1v) is 11.4. The molecular weight excluding hydrogens is 392 g/mol. The average Bonchev–Trinajstić information content (AvgIpc) is 3.30. The van der Waals surface area contributed by atoms with Crippen LogP contribution in [-0.4, -0.2) is 55.3 Å². The zero-order valence-corrected chi connectivity index (χ0v) is 18.2. The number of nitrogens with one attached hydrogen (secondary N) is 1. The average molecular weight is 425 g/mol. The Morgan fingerprint density at radius 1 is 1.16 bits per heavy atom. The molecule has 0 amide bonds. The van der Waals surface area contributed by atoms with Crippen molar-refractivity contribution in [2.24, 2.45) is 11.3 Å². The van der Waals surface area contributed by atoms with Crippen molar-refractivity contribution in [3.05, 3.63) is 42.1 Å². The summed E-state index contributed by atoms with van der Waals surface area (Å²) in [5.74, 6) is 2.08. The Labute approximate surface area is 183 Å². The molecule has 3 unspecified atom stereocenters. The summed E-state index contributed by atoms with van der Waals surface area (Å²) in [5.41, 5.74) is 3.60. The monoisotopic (exact) mass is 424 g/mol. The molecule has 2 aromatic rings. The van der Waals surface area contributed by atoms with Crippen molar-refractivity contribution < 1.29 is 19.3 Å². The second kappa shape index (κ2) is 8.77. The van der Waals surface area contributed by atoms with Crippen molar-refractivity contribution in [2.75, 3.05) is 38.3 Å². The van der Waals surface area contributed by atoms with Crippen molar-refractivity contribution in [3.8, 4) is 16.9 Å². The maximum absolute atomic E-state index is 10.6. The molecule has 3 aliphatic rings. The minimum Gasteiger partial charge on any atom is -0.490 e. The van der Waals surface area contributed by atoms with Crippen LogP contribution >= 0.6 is 0 Å². The Hall–Kier alpha value is -2.15. The quantitative estimate of drug-likeness (QED) is 0.704. The van der Waals surface area contributed by atoms with E-state index in [9.17, 15) is 5.11 Å². The van der Waals surface area contributed by atoms with E-state index >= 15 is 0 Å². The first-order valence-electron chi connectivity index (χ1n) is 11.4. The molecule has 3 heterocycles. The van der Waals surface area contributed by atoms with E-state index in [1.165, 1.54) is 0 Å². The van der Waals surface area contributed by atoms with Crippen molar-refractivity contribution in [1.82, 2.24) is 4.98 Å². The van der Waals surface area contributed by atoms with Gasteiger partial charge in [0.05, 0.1) is 25.9 Å². The van der Waals surface area contributed by atoms with Crippen molar-refractivity contribution in [1.29, 1.82) is 0 Å². The Morgan fingerprint density at radius 2 is 2.00 bits per heavy atom. The van der Waals surface area contributed by atoms with Crippen LogP contribution in [0.15, 0.2) is 36.5 Å². The van der Waals surface area contributed by atoms with E-state index in [-0.39, 0.29) is 17.6 Å². The molecule has 1 aliphatic carbocycles. The van der Waals surface area contributed by atoms with Crippen LogP contribution in [0.2, 0.25) is 0 Å². The van der Waals surface area contributed by atoms with E-state index in [0.29, 0.717) is 12.5 Å². The number of rotatable bonds is 7. The molecule has 1 spiro atoms. The number of aromatic nitrogens is 1. The molecule has 166 valence electrons. The van der Waals surface area contributed by atoms with Gasteiger partial charge in [-0.2, -0.15) is 0 Å². The highest BCUT2D eigenvalue weighted by molar-refractivity contribution is 5.68. The van der Waals surface area contributed by atoms with Gasteiger partial charge in [-0.1, -0.05) is 6.07 Å². The smallest absolute Gasteiger partial charge is 0.126 e. The minimum absolute atomic E-state index is 0.238. The summed E-state index contributed by atoms with van der Waals surface area (Å²) >= 11 is 0. The van der Waals surface area contributed by atoms with Gasteiger partial charge in [0.2, 0.25) is 0 Å². The van der Waals surface area contributed by atoms with E-state index in [1.54, 1.807) is 0 Å². The molecule has 3 atom stereocenters. The van der Waals surface area contributed by atoms with Crippen LogP contribution in [0.1, 0.15) is 31.2 Å². The lowest BCUT2D eigenvalue weighted by molar-refractivity contribution is 0.0253. The largest absolute Gasteiger partial charge is 0.490 e. The summed E-state index contributed by atoms with van der Waals surface area (Å²) in [5, 5.41) is 13.9. The van der Waals surface area contributed by atoms with Gasteiger partial charge in [0, 0.05) is 37.6 Å². The predicted molar refractivity (Wildman–Crippen MR) is 119 cm³/mol. The Morgan fingerprint density at radius 3 is 2.77 bits per heavy atom. The molecule has 2 saturated heterocycles. The van der Waals surface area contributed by atoms with Crippen LogP contribution in [0.3, 0.4) is 0 Å². The molecule has 0 radical (unpaired) electrons. The number of anilines is 1. The predicted octanol–water partition coefficient (Wildman–Crippen LogP) is 3.81. The topological polar surface area (TPSA) is 72.8 Å². The fourth-order valence-electron chi connectivity index (χ4n) is 4.99. The molecule has 2 N–H and O–H groups in total. The molecule has 2 aliphatic heterocycles. The first kappa shape index (κ1) is 20.7.